The van der Waals surface area contributed by atoms with E-state index in [-0.39, 0.29) is 5.41 Å². The van der Waals surface area contributed by atoms with Gasteiger partial charge in [-0.2, -0.15) is 0 Å². The number of rotatable bonds is 2. The molecule has 0 saturated heterocycles. The summed E-state index contributed by atoms with van der Waals surface area (Å²) in [6.45, 7) is 10.7. The first-order valence-electron chi connectivity index (χ1n) is 6.92. The highest BCUT2D eigenvalue weighted by atomic mass is 16.5. The monoisotopic (exact) mass is 269 g/mol. The molecule has 2 rings (SSSR count). The first-order valence-corrected chi connectivity index (χ1v) is 6.92. The van der Waals surface area contributed by atoms with Crippen molar-refractivity contribution >= 4 is 5.69 Å². The van der Waals surface area contributed by atoms with Crippen molar-refractivity contribution < 1.29 is 4.74 Å². The van der Waals surface area contributed by atoms with Gasteiger partial charge in [0, 0.05) is 11.3 Å². The van der Waals surface area contributed by atoms with Gasteiger partial charge in [0.1, 0.15) is 11.5 Å². The van der Waals surface area contributed by atoms with Crippen LogP contribution in [0.1, 0.15) is 37.5 Å². The van der Waals surface area contributed by atoms with E-state index in [2.05, 4.69) is 45.9 Å². The highest BCUT2D eigenvalue weighted by molar-refractivity contribution is 5.50. The molecule has 2 N–H and O–H groups in total. The zero-order valence-corrected chi connectivity index (χ0v) is 12.9. The summed E-state index contributed by atoms with van der Waals surface area (Å²) in [5.74, 6) is 1.78. The summed E-state index contributed by atoms with van der Waals surface area (Å²) in [4.78, 5) is 0. The van der Waals surface area contributed by atoms with Gasteiger partial charge in [-0.05, 0) is 54.7 Å². The SMILES string of the molecule is Cc1ccc(C(C)(C)C)c(Oc2ccc(N)cc2C)c1. The average Bonchev–Trinajstić information content (AvgIpc) is 2.31. The van der Waals surface area contributed by atoms with E-state index in [4.69, 9.17) is 10.5 Å². The van der Waals surface area contributed by atoms with Crippen LogP contribution in [0.5, 0.6) is 11.5 Å². The van der Waals surface area contributed by atoms with Crippen molar-refractivity contribution in [3.63, 3.8) is 0 Å². The minimum atomic E-state index is 0.0464. The second kappa shape index (κ2) is 5.20. The highest BCUT2D eigenvalue weighted by Crippen LogP contribution is 2.36. The van der Waals surface area contributed by atoms with Crippen LogP contribution < -0.4 is 10.5 Å². The van der Waals surface area contributed by atoms with Crippen LogP contribution in [0.3, 0.4) is 0 Å². The van der Waals surface area contributed by atoms with Gasteiger partial charge >= 0.3 is 0 Å². The van der Waals surface area contributed by atoms with Crippen LogP contribution in [0.4, 0.5) is 5.69 Å². The summed E-state index contributed by atoms with van der Waals surface area (Å²) in [6.07, 6.45) is 0. The predicted molar refractivity (Wildman–Crippen MR) is 85.5 cm³/mol. The van der Waals surface area contributed by atoms with E-state index in [0.717, 1.165) is 22.7 Å². The molecule has 0 radical (unpaired) electrons. The third-order valence-electron chi connectivity index (χ3n) is 3.36. The van der Waals surface area contributed by atoms with E-state index < -0.39 is 0 Å². The summed E-state index contributed by atoms with van der Waals surface area (Å²) in [7, 11) is 0. The van der Waals surface area contributed by atoms with Gasteiger partial charge < -0.3 is 10.5 Å². The summed E-state index contributed by atoms with van der Waals surface area (Å²) >= 11 is 0. The normalized spacial score (nSPS) is 11.4. The van der Waals surface area contributed by atoms with Gasteiger partial charge in [0.05, 0.1) is 0 Å². The molecular formula is C18H23NO. The van der Waals surface area contributed by atoms with Crippen molar-refractivity contribution in [2.24, 2.45) is 0 Å². The van der Waals surface area contributed by atoms with Crippen molar-refractivity contribution in [3.8, 4) is 11.5 Å². The maximum absolute atomic E-state index is 6.15. The molecular weight excluding hydrogens is 246 g/mol. The van der Waals surface area contributed by atoms with E-state index in [9.17, 15) is 0 Å². The van der Waals surface area contributed by atoms with Crippen LogP contribution in [-0.4, -0.2) is 0 Å². The van der Waals surface area contributed by atoms with E-state index in [0.29, 0.717) is 0 Å². The molecule has 0 heterocycles. The maximum Gasteiger partial charge on any atom is 0.131 e. The molecule has 2 nitrogen and oxygen atoms in total. The Kier molecular flexibility index (Phi) is 3.76. The average molecular weight is 269 g/mol. The number of nitrogens with two attached hydrogens (primary N) is 1. The lowest BCUT2D eigenvalue weighted by atomic mass is 9.86. The summed E-state index contributed by atoms with van der Waals surface area (Å²) < 4.78 is 6.15. The molecule has 0 atom stereocenters. The molecule has 106 valence electrons. The third kappa shape index (κ3) is 3.13. The van der Waals surface area contributed by atoms with Gasteiger partial charge in [0.2, 0.25) is 0 Å². The lowest BCUT2D eigenvalue weighted by molar-refractivity contribution is 0.452. The Morgan fingerprint density at radius 1 is 0.900 bits per heavy atom. The van der Waals surface area contributed by atoms with Crippen LogP contribution >= 0.6 is 0 Å². The molecule has 2 heteroatoms. The first-order chi connectivity index (χ1) is 9.27. The Hall–Kier alpha value is -1.96. The molecule has 0 bridgehead atoms. The number of aryl methyl sites for hydroxylation is 2. The van der Waals surface area contributed by atoms with Crippen LogP contribution in [-0.2, 0) is 5.41 Å². The van der Waals surface area contributed by atoms with Gasteiger partial charge in [-0.1, -0.05) is 32.9 Å². The quantitative estimate of drug-likeness (QED) is 0.781. The lowest BCUT2D eigenvalue weighted by Gasteiger charge is -2.23. The predicted octanol–water partition coefficient (Wildman–Crippen LogP) is 4.98. The molecule has 0 unspecified atom stereocenters. The molecule has 20 heavy (non-hydrogen) atoms. The fourth-order valence-corrected chi connectivity index (χ4v) is 2.24. The van der Waals surface area contributed by atoms with Crippen molar-refractivity contribution in [1.82, 2.24) is 0 Å². The Morgan fingerprint density at radius 3 is 2.20 bits per heavy atom. The number of hydrogen-bond donors (Lipinski definition) is 1. The molecule has 0 fully saturated rings. The van der Waals surface area contributed by atoms with Crippen LogP contribution in [0.25, 0.3) is 0 Å². The van der Waals surface area contributed by atoms with E-state index in [1.165, 1.54) is 11.1 Å². The zero-order valence-electron chi connectivity index (χ0n) is 12.9. The molecule has 0 aliphatic rings. The van der Waals surface area contributed by atoms with Crippen LogP contribution in [0.15, 0.2) is 36.4 Å². The lowest BCUT2D eigenvalue weighted by Crippen LogP contribution is -2.12. The van der Waals surface area contributed by atoms with Gasteiger partial charge in [-0.3, -0.25) is 0 Å². The third-order valence-corrected chi connectivity index (χ3v) is 3.36. The molecule has 2 aromatic carbocycles. The number of nitrogen functional groups attached to an aromatic ring is 1. The van der Waals surface area contributed by atoms with E-state index >= 15 is 0 Å². The molecule has 0 amide bonds. The van der Waals surface area contributed by atoms with Gasteiger partial charge in [-0.15, -0.1) is 0 Å². The van der Waals surface area contributed by atoms with Crippen molar-refractivity contribution in [3.05, 3.63) is 53.1 Å². The first kappa shape index (κ1) is 14.4. The Bertz CT molecular complexity index is 624. The number of ether oxygens (including phenoxy) is 1. The summed E-state index contributed by atoms with van der Waals surface area (Å²) in [6, 6.07) is 12.1. The molecule has 0 aromatic heterocycles. The van der Waals surface area contributed by atoms with Crippen molar-refractivity contribution in [1.29, 1.82) is 0 Å². The maximum atomic E-state index is 6.15. The van der Waals surface area contributed by atoms with Crippen molar-refractivity contribution in [2.75, 3.05) is 5.73 Å². The van der Waals surface area contributed by atoms with E-state index in [1.807, 2.05) is 25.1 Å². The topological polar surface area (TPSA) is 35.2 Å². The smallest absolute Gasteiger partial charge is 0.131 e. The standard InChI is InChI=1S/C18H23NO/c1-12-6-8-15(18(3,4)5)17(10-12)20-16-9-7-14(19)11-13(16)2/h6-11H,19H2,1-5H3. The summed E-state index contributed by atoms with van der Waals surface area (Å²) in [5.41, 5.74) is 10.0. The van der Waals surface area contributed by atoms with Crippen LogP contribution in [0.2, 0.25) is 0 Å². The fourth-order valence-electron chi connectivity index (χ4n) is 2.24. The molecule has 0 spiro atoms. The Labute approximate surface area is 121 Å². The van der Waals surface area contributed by atoms with Gasteiger partial charge in [0.25, 0.3) is 0 Å². The second-order valence-corrected chi connectivity index (χ2v) is 6.38. The second-order valence-electron chi connectivity index (χ2n) is 6.38. The van der Waals surface area contributed by atoms with E-state index in [1.54, 1.807) is 0 Å². The zero-order chi connectivity index (χ0) is 14.9. The number of hydrogen-bond acceptors (Lipinski definition) is 2. The Morgan fingerprint density at radius 2 is 1.60 bits per heavy atom. The van der Waals surface area contributed by atoms with Gasteiger partial charge in [0.15, 0.2) is 0 Å². The van der Waals surface area contributed by atoms with Crippen molar-refractivity contribution in [2.45, 2.75) is 40.0 Å². The molecule has 0 saturated carbocycles. The minimum Gasteiger partial charge on any atom is -0.457 e. The van der Waals surface area contributed by atoms with Gasteiger partial charge in [-0.25, -0.2) is 0 Å². The molecule has 0 aliphatic heterocycles. The van der Waals surface area contributed by atoms with Crippen LogP contribution in [0, 0.1) is 13.8 Å². The number of anilines is 1. The highest BCUT2D eigenvalue weighted by Gasteiger charge is 2.19. The fraction of sp³-hybridized carbons (Fsp3) is 0.333. The minimum absolute atomic E-state index is 0.0464. The largest absolute Gasteiger partial charge is 0.457 e. The Balaban J connectivity index is 2.45. The summed E-state index contributed by atoms with van der Waals surface area (Å²) in [5, 5.41) is 0. The molecule has 2 aromatic rings. The molecule has 0 aliphatic carbocycles. The number of benzene rings is 2.